The molecule has 2 atom stereocenters. The van der Waals surface area contributed by atoms with Crippen molar-refractivity contribution in [1.82, 2.24) is 0 Å². The Labute approximate surface area is 178 Å². The van der Waals surface area contributed by atoms with Crippen LogP contribution in [0.2, 0.25) is 0 Å². The molecule has 3 N–H and O–H groups in total. The summed E-state index contributed by atoms with van der Waals surface area (Å²) in [5.41, 5.74) is 8.63. The normalized spacial score (nSPS) is 12.1. The second kappa shape index (κ2) is 12.0. The number of para-hydroxylation sites is 2. The zero-order chi connectivity index (χ0) is 15.7. The van der Waals surface area contributed by atoms with Gasteiger partial charge in [0.2, 0.25) is 0 Å². The molecule has 0 aromatic heterocycles. The second-order valence-corrected chi connectivity index (χ2v) is 5.09. The Kier molecular flexibility index (Phi) is 11.8. The van der Waals surface area contributed by atoms with Crippen molar-refractivity contribution in [3.05, 3.63) is 80.9 Å². The predicted octanol–water partition coefficient (Wildman–Crippen LogP) is 1.62. The molecule has 0 bridgehead atoms. The van der Waals surface area contributed by atoms with Gasteiger partial charge >= 0.3 is 51.4 Å². The van der Waals surface area contributed by atoms with E-state index in [2.05, 4.69) is 33.0 Å². The van der Waals surface area contributed by atoms with Crippen molar-refractivity contribution >= 4 is 11.4 Å². The first-order chi connectivity index (χ1) is 10.0. The third kappa shape index (κ3) is 8.25. The summed E-state index contributed by atoms with van der Waals surface area (Å²) in [5.74, 6) is 0.312. The predicted molar refractivity (Wildman–Crippen MR) is 93.7 cm³/mol. The molecule has 0 saturated heterocycles. The van der Waals surface area contributed by atoms with Gasteiger partial charge in [0.15, 0.2) is 0 Å². The average Bonchev–Trinajstić information content (AvgIpc) is 2.47. The van der Waals surface area contributed by atoms with E-state index < -0.39 is 0 Å². The number of nitrogens with two attached hydrogens (primary N) is 1. The summed E-state index contributed by atoms with van der Waals surface area (Å²) in [5, 5.41) is 3.35. The van der Waals surface area contributed by atoms with Crippen molar-refractivity contribution in [2.75, 3.05) is 11.1 Å². The monoisotopic (exact) mass is 320 g/mol. The summed E-state index contributed by atoms with van der Waals surface area (Å²) in [6.07, 6.45) is 0.805. The fourth-order valence-corrected chi connectivity index (χ4v) is 1.81. The molecule has 0 saturated carbocycles. The fourth-order valence-electron chi connectivity index (χ4n) is 1.81. The van der Waals surface area contributed by atoms with Crippen LogP contribution in [0.3, 0.4) is 0 Å². The maximum Gasteiger partial charge on any atom is 1.00 e. The van der Waals surface area contributed by atoms with E-state index in [-0.39, 0.29) is 57.4 Å². The molecule has 0 fully saturated rings. The van der Waals surface area contributed by atoms with Crippen molar-refractivity contribution in [2.24, 2.45) is 5.92 Å². The first-order valence-electron chi connectivity index (χ1n) is 7.15. The summed E-state index contributed by atoms with van der Waals surface area (Å²) in [4.78, 5) is 0. The molecule has 0 aliphatic heterocycles. The molecule has 2 aromatic carbocycles. The van der Waals surface area contributed by atoms with Gasteiger partial charge in [-0.2, -0.15) is 37.0 Å². The standard InChI is InChI=1S/C12H18N2.C7H7.K/c1-4-11(9(2)3)14-12-8-6-5-7-10(12)13;1-7-5-3-2-4-6-7;/h5-9,11,14H,1-2,4,13H2,3H3;2-6H,1H2;/q-2;-1;+1. The largest absolute Gasteiger partial charge is 1.00 e. The van der Waals surface area contributed by atoms with E-state index in [0.29, 0.717) is 5.92 Å². The molecule has 0 amide bonds. The second-order valence-electron chi connectivity index (χ2n) is 5.09. The molecule has 2 nitrogen and oxygen atoms in total. The van der Waals surface area contributed by atoms with Crippen molar-refractivity contribution in [1.29, 1.82) is 0 Å². The SMILES string of the molecule is [CH2-]CC(Nc1ccccc1N)C([CH2-])C.[CH2-]c1ccccc1.[K+]. The zero-order valence-corrected chi connectivity index (χ0v) is 16.9. The number of nitrogens with one attached hydrogen (secondary N) is 1. The van der Waals surface area contributed by atoms with Gasteiger partial charge in [-0.3, -0.25) is 0 Å². The zero-order valence-electron chi connectivity index (χ0n) is 13.8. The van der Waals surface area contributed by atoms with Crippen LogP contribution in [0.1, 0.15) is 18.9 Å². The molecule has 0 heterocycles. The van der Waals surface area contributed by atoms with Crippen molar-refractivity contribution in [2.45, 2.75) is 19.4 Å². The van der Waals surface area contributed by atoms with Crippen molar-refractivity contribution in [3.8, 4) is 0 Å². The van der Waals surface area contributed by atoms with Crippen LogP contribution in [0, 0.1) is 26.7 Å². The number of hydrogen-bond donors (Lipinski definition) is 2. The molecule has 0 radical (unpaired) electrons. The van der Waals surface area contributed by atoms with E-state index in [0.717, 1.165) is 23.4 Å². The molecular formula is C19H25KN2-2. The van der Waals surface area contributed by atoms with Gasteiger partial charge in [-0.1, -0.05) is 25.1 Å². The minimum Gasteiger partial charge on any atom is -0.397 e. The van der Waals surface area contributed by atoms with Crippen LogP contribution in [0.25, 0.3) is 0 Å². The van der Waals surface area contributed by atoms with Gasteiger partial charge in [0.25, 0.3) is 0 Å². The Morgan fingerprint density at radius 2 is 1.59 bits per heavy atom. The minimum atomic E-state index is 0. The number of anilines is 2. The van der Waals surface area contributed by atoms with Crippen LogP contribution in [0.4, 0.5) is 11.4 Å². The van der Waals surface area contributed by atoms with Gasteiger partial charge < -0.3 is 24.9 Å². The van der Waals surface area contributed by atoms with Gasteiger partial charge in [0, 0.05) is 0 Å². The summed E-state index contributed by atoms with van der Waals surface area (Å²) in [7, 11) is 0. The molecule has 114 valence electrons. The van der Waals surface area contributed by atoms with E-state index >= 15 is 0 Å². The topological polar surface area (TPSA) is 38.0 Å². The van der Waals surface area contributed by atoms with Crippen LogP contribution in [-0.2, 0) is 0 Å². The smallest absolute Gasteiger partial charge is 0.397 e. The number of hydrogen-bond acceptors (Lipinski definition) is 2. The van der Waals surface area contributed by atoms with Crippen LogP contribution in [0.5, 0.6) is 0 Å². The van der Waals surface area contributed by atoms with E-state index in [4.69, 9.17) is 5.73 Å². The molecule has 22 heavy (non-hydrogen) atoms. The first-order valence-corrected chi connectivity index (χ1v) is 7.15. The molecule has 0 spiro atoms. The van der Waals surface area contributed by atoms with Gasteiger partial charge in [-0.05, 0) is 18.2 Å². The molecule has 3 heteroatoms. The fraction of sp³-hybridized carbons (Fsp3) is 0.211. The first kappa shape index (κ1) is 21.5. The number of rotatable bonds is 4. The van der Waals surface area contributed by atoms with Crippen molar-refractivity contribution < 1.29 is 51.4 Å². The Morgan fingerprint density at radius 3 is 2.00 bits per heavy atom. The maximum atomic E-state index is 5.82. The van der Waals surface area contributed by atoms with Crippen LogP contribution < -0.4 is 62.4 Å². The van der Waals surface area contributed by atoms with E-state index in [1.165, 1.54) is 0 Å². The van der Waals surface area contributed by atoms with E-state index in [1.807, 2.05) is 54.6 Å². The summed E-state index contributed by atoms with van der Waals surface area (Å²) in [6, 6.07) is 17.9. The quantitative estimate of drug-likeness (QED) is 0.510. The van der Waals surface area contributed by atoms with Crippen LogP contribution in [-0.4, -0.2) is 6.04 Å². The van der Waals surface area contributed by atoms with Gasteiger partial charge in [-0.25, -0.2) is 0 Å². The van der Waals surface area contributed by atoms with Gasteiger partial charge in [0.05, 0.1) is 11.4 Å². The average molecular weight is 321 g/mol. The number of nitrogen functional groups attached to an aromatic ring is 1. The van der Waals surface area contributed by atoms with Crippen LogP contribution in [0.15, 0.2) is 54.6 Å². The minimum absolute atomic E-state index is 0. The molecule has 2 aromatic rings. The maximum absolute atomic E-state index is 5.82. The summed E-state index contributed by atoms with van der Waals surface area (Å²) in [6.45, 7) is 13.7. The Morgan fingerprint density at radius 1 is 1.05 bits per heavy atom. The third-order valence-electron chi connectivity index (χ3n) is 3.14. The Bertz CT molecular complexity index is 512. The van der Waals surface area contributed by atoms with Gasteiger partial charge in [0.1, 0.15) is 0 Å². The van der Waals surface area contributed by atoms with Crippen LogP contribution >= 0.6 is 0 Å². The third-order valence-corrected chi connectivity index (χ3v) is 3.14. The molecular weight excluding hydrogens is 295 g/mol. The molecule has 2 unspecified atom stereocenters. The van der Waals surface area contributed by atoms with E-state index in [1.54, 1.807) is 0 Å². The van der Waals surface area contributed by atoms with Crippen molar-refractivity contribution in [3.63, 3.8) is 0 Å². The molecule has 0 aliphatic carbocycles. The summed E-state index contributed by atoms with van der Waals surface area (Å²) < 4.78 is 0. The molecule has 2 rings (SSSR count). The van der Waals surface area contributed by atoms with Gasteiger partial charge in [-0.15, -0.1) is 12.1 Å². The summed E-state index contributed by atoms with van der Waals surface area (Å²) >= 11 is 0. The molecule has 0 aliphatic rings. The Balaban J connectivity index is 0.000000465. The number of benzene rings is 2. The Hall–Kier alpha value is -0.454. The van der Waals surface area contributed by atoms with E-state index in [9.17, 15) is 0 Å².